The van der Waals surface area contributed by atoms with Crippen LogP contribution in [0.5, 0.6) is 0 Å². The van der Waals surface area contributed by atoms with Gasteiger partial charge in [0.25, 0.3) is 0 Å². The summed E-state index contributed by atoms with van der Waals surface area (Å²) in [6.07, 6.45) is 5.17. The van der Waals surface area contributed by atoms with E-state index in [1.165, 1.54) is 7.11 Å². The van der Waals surface area contributed by atoms with Crippen molar-refractivity contribution in [1.82, 2.24) is 24.9 Å². The van der Waals surface area contributed by atoms with Crippen molar-refractivity contribution in [3.05, 3.63) is 54.0 Å². The van der Waals surface area contributed by atoms with Gasteiger partial charge in [-0.2, -0.15) is 9.61 Å². The Hall–Kier alpha value is -3.52. The number of hydrogen-bond donors (Lipinski definition) is 2. The predicted molar refractivity (Wildman–Crippen MR) is 119 cm³/mol. The van der Waals surface area contributed by atoms with Crippen molar-refractivity contribution < 1.29 is 9.53 Å². The van der Waals surface area contributed by atoms with Crippen LogP contribution in [0.1, 0.15) is 30.0 Å². The Kier molecular flexibility index (Phi) is 4.78. The summed E-state index contributed by atoms with van der Waals surface area (Å²) in [5.41, 5.74) is 11.8. The van der Waals surface area contributed by atoms with Gasteiger partial charge >= 0.3 is 5.97 Å². The lowest BCUT2D eigenvalue weighted by Crippen LogP contribution is -2.44. The highest BCUT2D eigenvalue weighted by atomic mass is 16.5. The minimum atomic E-state index is -0.267. The molecule has 2 unspecified atom stereocenters. The van der Waals surface area contributed by atoms with Gasteiger partial charge in [0.2, 0.25) is 0 Å². The van der Waals surface area contributed by atoms with Crippen LogP contribution in [0.15, 0.2) is 42.7 Å². The minimum absolute atomic E-state index is 0.158. The summed E-state index contributed by atoms with van der Waals surface area (Å²) in [6, 6.07) is 9.84. The van der Waals surface area contributed by atoms with Crippen LogP contribution in [0.2, 0.25) is 0 Å². The number of anilines is 1. The zero-order chi connectivity index (χ0) is 21.5. The molecule has 1 saturated heterocycles. The molecule has 8 heteroatoms. The summed E-state index contributed by atoms with van der Waals surface area (Å²) in [7, 11) is 1.42. The largest absolute Gasteiger partial charge is 0.468 e. The Balaban J connectivity index is 1.55. The third kappa shape index (κ3) is 3.29. The number of aromatic nitrogens is 4. The standard InChI is InChI=1S/C23H24N6O2/c1-13-20(15-7-8-19(26-10-15)23(30)31-2)28-22-17(12-27-29(22)21(13)24)16-9-14-5-3-4-6-18(14)25-11-16/h3-6,9,11-12,15,19,26H,7-8,10,24H2,1-2H3. The summed E-state index contributed by atoms with van der Waals surface area (Å²) < 4.78 is 6.55. The van der Waals surface area contributed by atoms with Crippen LogP contribution in [-0.2, 0) is 9.53 Å². The molecule has 4 heterocycles. The molecule has 158 valence electrons. The monoisotopic (exact) mass is 416 g/mol. The van der Waals surface area contributed by atoms with Crippen LogP contribution in [-0.4, -0.2) is 45.2 Å². The fourth-order valence-electron chi connectivity index (χ4n) is 4.37. The molecule has 1 aliphatic heterocycles. The number of carbonyl (C=O) groups excluding carboxylic acids is 1. The van der Waals surface area contributed by atoms with E-state index < -0.39 is 0 Å². The second-order valence-corrected chi connectivity index (χ2v) is 7.98. The third-order valence-corrected chi connectivity index (χ3v) is 6.16. The molecule has 5 rings (SSSR count). The van der Waals surface area contributed by atoms with E-state index in [1.54, 1.807) is 10.7 Å². The van der Waals surface area contributed by atoms with Gasteiger partial charge in [0.15, 0.2) is 5.65 Å². The highest BCUT2D eigenvalue weighted by Gasteiger charge is 2.30. The van der Waals surface area contributed by atoms with Gasteiger partial charge < -0.3 is 15.8 Å². The first-order chi connectivity index (χ1) is 15.1. The van der Waals surface area contributed by atoms with Gasteiger partial charge in [0.1, 0.15) is 11.9 Å². The molecular weight excluding hydrogens is 392 g/mol. The molecular formula is C23H24N6O2. The van der Waals surface area contributed by atoms with Crippen molar-refractivity contribution >= 4 is 28.3 Å². The number of nitrogens with two attached hydrogens (primary N) is 1. The number of fused-ring (bicyclic) bond motifs is 2. The number of carbonyl (C=O) groups is 1. The Morgan fingerprint density at radius 3 is 2.87 bits per heavy atom. The Morgan fingerprint density at radius 2 is 2.10 bits per heavy atom. The number of ether oxygens (including phenoxy) is 1. The highest BCUT2D eigenvalue weighted by Crippen LogP contribution is 2.33. The van der Waals surface area contributed by atoms with E-state index in [-0.39, 0.29) is 17.9 Å². The molecule has 3 aromatic heterocycles. The van der Waals surface area contributed by atoms with Crippen molar-refractivity contribution in [2.75, 3.05) is 19.4 Å². The molecule has 31 heavy (non-hydrogen) atoms. The van der Waals surface area contributed by atoms with Gasteiger partial charge in [-0.25, -0.2) is 4.98 Å². The molecule has 0 amide bonds. The molecule has 0 spiro atoms. The third-order valence-electron chi connectivity index (χ3n) is 6.16. The van der Waals surface area contributed by atoms with Crippen LogP contribution < -0.4 is 11.1 Å². The van der Waals surface area contributed by atoms with E-state index in [1.807, 2.05) is 37.4 Å². The fourth-order valence-corrected chi connectivity index (χ4v) is 4.37. The number of nitrogens with one attached hydrogen (secondary N) is 1. The zero-order valence-corrected chi connectivity index (χ0v) is 17.5. The molecule has 0 aliphatic carbocycles. The van der Waals surface area contributed by atoms with Gasteiger partial charge in [-0.15, -0.1) is 0 Å². The lowest BCUT2D eigenvalue weighted by Gasteiger charge is -2.29. The summed E-state index contributed by atoms with van der Waals surface area (Å²) in [4.78, 5) is 21.4. The van der Waals surface area contributed by atoms with Crippen LogP contribution in [0.3, 0.4) is 0 Å². The number of piperidine rings is 1. The fraction of sp³-hybridized carbons (Fsp3) is 0.304. The van der Waals surface area contributed by atoms with Gasteiger partial charge in [0, 0.05) is 40.7 Å². The van der Waals surface area contributed by atoms with Crippen LogP contribution in [0, 0.1) is 6.92 Å². The molecule has 3 N–H and O–H groups in total. The number of benzene rings is 1. The number of nitrogens with zero attached hydrogens (tertiary/aromatic N) is 4. The Morgan fingerprint density at radius 1 is 1.26 bits per heavy atom. The molecule has 2 atom stereocenters. The number of nitrogen functional groups attached to an aromatic ring is 1. The molecule has 1 fully saturated rings. The first kappa shape index (κ1) is 19.4. The maximum atomic E-state index is 11.8. The summed E-state index contributed by atoms with van der Waals surface area (Å²) in [5, 5.41) is 8.84. The van der Waals surface area contributed by atoms with Crippen LogP contribution >= 0.6 is 0 Å². The molecule has 0 radical (unpaired) electrons. The summed E-state index contributed by atoms with van der Waals surface area (Å²) >= 11 is 0. The summed E-state index contributed by atoms with van der Waals surface area (Å²) in [5.74, 6) is 0.515. The number of pyridine rings is 1. The first-order valence-corrected chi connectivity index (χ1v) is 10.4. The van der Waals surface area contributed by atoms with Crippen molar-refractivity contribution in [2.24, 2.45) is 0 Å². The number of esters is 1. The predicted octanol–water partition coefficient (Wildman–Crippen LogP) is 2.84. The van der Waals surface area contributed by atoms with E-state index in [0.717, 1.165) is 39.7 Å². The smallest absolute Gasteiger partial charge is 0.322 e. The van der Waals surface area contributed by atoms with E-state index in [2.05, 4.69) is 21.5 Å². The second-order valence-electron chi connectivity index (χ2n) is 7.98. The minimum Gasteiger partial charge on any atom is -0.468 e. The number of methoxy groups -OCH3 is 1. The lowest BCUT2D eigenvalue weighted by atomic mass is 9.90. The average Bonchev–Trinajstić information content (AvgIpc) is 3.25. The number of hydrogen-bond acceptors (Lipinski definition) is 7. The van der Waals surface area contributed by atoms with E-state index in [9.17, 15) is 4.79 Å². The van der Waals surface area contributed by atoms with Crippen LogP contribution in [0.4, 0.5) is 5.82 Å². The number of rotatable bonds is 3. The molecule has 4 aromatic rings. The van der Waals surface area contributed by atoms with E-state index in [0.29, 0.717) is 24.4 Å². The zero-order valence-electron chi connectivity index (χ0n) is 17.5. The molecule has 0 bridgehead atoms. The second kappa shape index (κ2) is 7.63. The van der Waals surface area contributed by atoms with Gasteiger partial charge in [-0.1, -0.05) is 18.2 Å². The Bertz CT molecular complexity index is 1290. The van der Waals surface area contributed by atoms with Gasteiger partial charge in [-0.3, -0.25) is 9.78 Å². The average molecular weight is 416 g/mol. The molecule has 0 saturated carbocycles. The topological polar surface area (TPSA) is 107 Å². The van der Waals surface area contributed by atoms with Gasteiger partial charge in [-0.05, 0) is 31.9 Å². The lowest BCUT2D eigenvalue weighted by molar-refractivity contribution is -0.143. The maximum absolute atomic E-state index is 11.8. The van der Waals surface area contributed by atoms with E-state index in [4.69, 9.17) is 15.5 Å². The van der Waals surface area contributed by atoms with Crippen molar-refractivity contribution in [1.29, 1.82) is 0 Å². The quantitative estimate of drug-likeness (QED) is 0.495. The molecule has 1 aromatic carbocycles. The van der Waals surface area contributed by atoms with Crippen molar-refractivity contribution in [3.63, 3.8) is 0 Å². The maximum Gasteiger partial charge on any atom is 0.322 e. The number of para-hydroxylation sites is 1. The van der Waals surface area contributed by atoms with Gasteiger partial charge in [0.05, 0.1) is 24.5 Å². The Labute approximate surface area is 179 Å². The SMILES string of the molecule is COC(=O)C1CCC(c2nc3c(-c4cnc5ccccc5c4)cnn3c(N)c2C)CN1. The van der Waals surface area contributed by atoms with Crippen molar-refractivity contribution in [2.45, 2.75) is 31.7 Å². The molecule has 1 aliphatic rings. The summed E-state index contributed by atoms with van der Waals surface area (Å²) in [6.45, 7) is 2.62. The normalized spacial score (nSPS) is 19.0. The highest BCUT2D eigenvalue weighted by molar-refractivity contribution is 5.87. The molecule has 8 nitrogen and oxygen atoms in total. The van der Waals surface area contributed by atoms with Crippen molar-refractivity contribution in [3.8, 4) is 11.1 Å². The first-order valence-electron chi connectivity index (χ1n) is 10.4. The van der Waals surface area contributed by atoms with E-state index >= 15 is 0 Å². The van der Waals surface area contributed by atoms with Crippen LogP contribution in [0.25, 0.3) is 27.7 Å².